The Morgan fingerprint density at radius 3 is 2.52 bits per heavy atom. The van der Waals surface area contributed by atoms with E-state index < -0.39 is 0 Å². The third-order valence-corrected chi connectivity index (χ3v) is 4.27. The van der Waals surface area contributed by atoms with Crippen LogP contribution < -0.4 is 11.5 Å². The van der Waals surface area contributed by atoms with Crippen molar-refractivity contribution in [2.75, 3.05) is 11.5 Å². The van der Waals surface area contributed by atoms with Crippen LogP contribution in [-0.4, -0.2) is 9.55 Å². The smallest absolute Gasteiger partial charge is 0.153 e. The first-order chi connectivity index (χ1) is 12.2. The maximum absolute atomic E-state index is 5.82. The maximum atomic E-state index is 5.82. The minimum Gasteiger partial charge on any atom is -0.384 e. The molecule has 0 bridgehead atoms. The SMILES string of the molecule is CCn1c2ccccc2c2cc(N=Nc3ccc(N)nc3N)ccc21. The lowest BCUT2D eigenvalue weighted by Gasteiger charge is -2.02. The van der Waals surface area contributed by atoms with Crippen molar-refractivity contribution >= 4 is 44.8 Å². The molecule has 0 amide bonds. The van der Waals surface area contributed by atoms with Crippen molar-refractivity contribution in [3.63, 3.8) is 0 Å². The minimum absolute atomic E-state index is 0.271. The van der Waals surface area contributed by atoms with Gasteiger partial charge in [-0.25, -0.2) is 4.98 Å². The summed E-state index contributed by atoms with van der Waals surface area (Å²) in [6.07, 6.45) is 0. The molecule has 6 nitrogen and oxygen atoms in total. The lowest BCUT2D eigenvalue weighted by atomic mass is 10.1. The first-order valence-corrected chi connectivity index (χ1v) is 8.12. The number of aryl methyl sites for hydroxylation is 1. The van der Waals surface area contributed by atoms with Crippen LogP contribution in [0.5, 0.6) is 0 Å². The van der Waals surface area contributed by atoms with Crippen LogP contribution in [0.2, 0.25) is 0 Å². The third kappa shape index (κ3) is 2.57. The van der Waals surface area contributed by atoms with Gasteiger partial charge in [-0.3, -0.25) is 0 Å². The first-order valence-electron chi connectivity index (χ1n) is 8.12. The predicted molar refractivity (Wildman–Crippen MR) is 102 cm³/mol. The van der Waals surface area contributed by atoms with Crippen molar-refractivity contribution in [3.05, 3.63) is 54.6 Å². The number of fused-ring (bicyclic) bond motifs is 3. The van der Waals surface area contributed by atoms with Crippen molar-refractivity contribution in [1.29, 1.82) is 0 Å². The number of pyridine rings is 1. The van der Waals surface area contributed by atoms with E-state index in [4.69, 9.17) is 11.5 Å². The Balaban J connectivity index is 1.81. The Kier molecular flexibility index (Phi) is 3.57. The molecule has 0 aliphatic carbocycles. The van der Waals surface area contributed by atoms with Crippen LogP contribution in [0.3, 0.4) is 0 Å². The zero-order valence-electron chi connectivity index (χ0n) is 13.8. The van der Waals surface area contributed by atoms with Crippen molar-refractivity contribution < 1.29 is 0 Å². The molecule has 0 saturated heterocycles. The van der Waals surface area contributed by atoms with Crippen LogP contribution in [0.1, 0.15) is 6.92 Å². The molecule has 4 rings (SSSR count). The van der Waals surface area contributed by atoms with E-state index in [1.807, 2.05) is 12.1 Å². The lowest BCUT2D eigenvalue weighted by molar-refractivity contribution is 0.827. The van der Waals surface area contributed by atoms with Crippen LogP contribution in [0.4, 0.5) is 23.0 Å². The number of para-hydroxylation sites is 1. The summed E-state index contributed by atoms with van der Waals surface area (Å²) in [5.74, 6) is 0.637. The van der Waals surface area contributed by atoms with E-state index in [0.29, 0.717) is 11.5 Å². The van der Waals surface area contributed by atoms with Gasteiger partial charge in [0.15, 0.2) is 5.82 Å². The molecule has 25 heavy (non-hydrogen) atoms. The highest BCUT2D eigenvalue weighted by atomic mass is 15.1. The highest BCUT2D eigenvalue weighted by Crippen LogP contribution is 2.32. The van der Waals surface area contributed by atoms with Gasteiger partial charge in [0.05, 0.1) is 5.69 Å². The summed E-state index contributed by atoms with van der Waals surface area (Å²) in [5.41, 5.74) is 15.1. The molecule has 0 radical (unpaired) electrons. The van der Waals surface area contributed by atoms with Gasteiger partial charge < -0.3 is 16.0 Å². The van der Waals surface area contributed by atoms with Gasteiger partial charge >= 0.3 is 0 Å². The molecule has 0 aliphatic heterocycles. The molecule has 2 aromatic carbocycles. The Morgan fingerprint density at radius 2 is 1.72 bits per heavy atom. The largest absolute Gasteiger partial charge is 0.384 e. The van der Waals surface area contributed by atoms with E-state index >= 15 is 0 Å². The molecular formula is C19H18N6. The molecule has 0 unspecified atom stereocenters. The second-order valence-electron chi connectivity index (χ2n) is 5.80. The Morgan fingerprint density at radius 1 is 0.920 bits per heavy atom. The standard InChI is InChI=1S/C19H18N6/c1-2-25-16-6-4-3-5-13(16)14-11-12(7-9-17(14)25)23-24-15-8-10-18(20)22-19(15)21/h3-11H,2H2,1H3,(H4,20,21,22). The number of hydrogen-bond acceptors (Lipinski definition) is 5. The number of rotatable bonds is 3. The number of anilines is 2. The number of nitrogens with zero attached hydrogens (tertiary/aromatic N) is 4. The van der Waals surface area contributed by atoms with Crippen molar-refractivity contribution in [2.24, 2.45) is 10.2 Å². The van der Waals surface area contributed by atoms with Crippen LogP contribution in [0.25, 0.3) is 21.8 Å². The number of nitrogen functional groups attached to an aromatic ring is 2. The van der Waals surface area contributed by atoms with E-state index in [2.05, 4.69) is 57.0 Å². The zero-order chi connectivity index (χ0) is 17.4. The van der Waals surface area contributed by atoms with Crippen LogP contribution in [-0.2, 0) is 6.54 Å². The van der Waals surface area contributed by atoms with Gasteiger partial charge in [-0.15, -0.1) is 5.11 Å². The second kappa shape index (κ2) is 5.90. The second-order valence-corrected chi connectivity index (χ2v) is 5.80. The molecular weight excluding hydrogens is 312 g/mol. The van der Waals surface area contributed by atoms with Crippen LogP contribution in [0, 0.1) is 0 Å². The molecule has 2 aromatic heterocycles. The summed E-state index contributed by atoms with van der Waals surface area (Å²) in [5, 5.41) is 10.9. The van der Waals surface area contributed by atoms with E-state index in [0.717, 1.165) is 17.6 Å². The molecule has 4 N–H and O–H groups in total. The topological polar surface area (TPSA) is 94.6 Å². The van der Waals surface area contributed by atoms with Gasteiger partial charge in [0.25, 0.3) is 0 Å². The fourth-order valence-corrected chi connectivity index (χ4v) is 3.12. The third-order valence-electron chi connectivity index (χ3n) is 4.27. The molecule has 0 aliphatic rings. The van der Waals surface area contributed by atoms with Crippen molar-refractivity contribution in [2.45, 2.75) is 13.5 Å². The Hall–Kier alpha value is -3.41. The molecule has 0 atom stereocenters. The number of nitrogens with two attached hydrogens (primary N) is 2. The number of azo groups is 1. The van der Waals surface area contributed by atoms with Crippen molar-refractivity contribution in [1.82, 2.24) is 9.55 Å². The average Bonchev–Trinajstić information content (AvgIpc) is 2.94. The summed E-state index contributed by atoms with van der Waals surface area (Å²) >= 11 is 0. The van der Waals surface area contributed by atoms with E-state index in [1.165, 1.54) is 16.4 Å². The monoisotopic (exact) mass is 330 g/mol. The van der Waals surface area contributed by atoms with Gasteiger partial charge in [0.2, 0.25) is 0 Å². The highest BCUT2D eigenvalue weighted by Gasteiger charge is 2.09. The first kappa shape index (κ1) is 15.1. The van der Waals surface area contributed by atoms with Gasteiger partial charge in [-0.05, 0) is 43.3 Å². The summed E-state index contributed by atoms with van der Waals surface area (Å²) in [6.45, 7) is 3.06. The van der Waals surface area contributed by atoms with Gasteiger partial charge in [-0.1, -0.05) is 18.2 Å². The summed E-state index contributed by atoms with van der Waals surface area (Å²) in [7, 11) is 0. The molecule has 0 fully saturated rings. The average molecular weight is 330 g/mol. The maximum Gasteiger partial charge on any atom is 0.153 e. The molecule has 2 heterocycles. The zero-order valence-corrected chi connectivity index (χ0v) is 13.8. The van der Waals surface area contributed by atoms with Gasteiger partial charge in [-0.2, -0.15) is 5.11 Å². The minimum atomic E-state index is 0.271. The fraction of sp³-hybridized carbons (Fsp3) is 0.105. The molecule has 4 aromatic rings. The Bertz CT molecular complexity index is 1110. The lowest BCUT2D eigenvalue weighted by Crippen LogP contribution is -1.95. The van der Waals surface area contributed by atoms with Gasteiger partial charge in [0, 0.05) is 28.4 Å². The van der Waals surface area contributed by atoms with Crippen LogP contribution in [0.15, 0.2) is 64.8 Å². The number of hydrogen-bond donors (Lipinski definition) is 2. The number of benzene rings is 2. The molecule has 6 heteroatoms. The van der Waals surface area contributed by atoms with Crippen molar-refractivity contribution in [3.8, 4) is 0 Å². The normalized spacial score (nSPS) is 11.7. The number of aromatic nitrogens is 2. The Labute approximate surface area is 144 Å². The quantitative estimate of drug-likeness (QED) is 0.529. The van der Waals surface area contributed by atoms with E-state index in [-0.39, 0.29) is 5.82 Å². The summed E-state index contributed by atoms with van der Waals surface area (Å²) in [4.78, 5) is 3.99. The fourth-order valence-electron chi connectivity index (χ4n) is 3.12. The summed E-state index contributed by atoms with van der Waals surface area (Å²) in [6, 6.07) is 17.8. The van der Waals surface area contributed by atoms with Gasteiger partial charge in [0.1, 0.15) is 11.5 Å². The molecule has 0 saturated carbocycles. The summed E-state index contributed by atoms with van der Waals surface area (Å²) < 4.78 is 2.30. The molecule has 124 valence electrons. The van der Waals surface area contributed by atoms with E-state index in [9.17, 15) is 0 Å². The highest BCUT2D eigenvalue weighted by molar-refractivity contribution is 6.08. The predicted octanol–water partition coefficient (Wildman–Crippen LogP) is 4.79. The van der Waals surface area contributed by atoms with E-state index in [1.54, 1.807) is 12.1 Å². The molecule has 0 spiro atoms. The van der Waals surface area contributed by atoms with Crippen LogP contribution >= 0.6 is 0 Å².